The van der Waals surface area contributed by atoms with Crippen molar-refractivity contribution in [2.24, 2.45) is 0 Å². The van der Waals surface area contributed by atoms with E-state index in [1.165, 1.54) is 7.05 Å². The summed E-state index contributed by atoms with van der Waals surface area (Å²) in [5.41, 5.74) is 6.14. The lowest BCUT2D eigenvalue weighted by Crippen LogP contribution is -2.30. The Bertz CT molecular complexity index is 1940. The van der Waals surface area contributed by atoms with Gasteiger partial charge in [0, 0.05) is 53.8 Å². The molecule has 0 radical (unpaired) electrons. The molecule has 2 heterocycles. The highest BCUT2D eigenvalue weighted by atomic mass is 32.2. The zero-order valence-electron chi connectivity index (χ0n) is 27.5. The fraction of sp³-hybridized carbons (Fsp3) is 0.353. The number of anilines is 2. The molecule has 0 saturated heterocycles. The molecule has 0 spiro atoms. The number of hydrogen-bond acceptors (Lipinski definition) is 6. The Morgan fingerprint density at radius 2 is 1.53 bits per heavy atom. The van der Waals surface area contributed by atoms with Crippen molar-refractivity contribution in [3.63, 3.8) is 0 Å². The summed E-state index contributed by atoms with van der Waals surface area (Å²) in [6.45, 7) is 10.4. The van der Waals surface area contributed by atoms with Crippen LogP contribution in [0.1, 0.15) is 44.4 Å². The minimum Gasteiger partial charge on any atom is -0.343 e. The zero-order chi connectivity index (χ0) is 34.8. The van der Waals surface area contributed by atoms with Crippen LogP contribution in [0.25, 0.3) is 0 Å². The SMILES string of the molecule is CNC(=O)Nc1ccc2c(c1)C(C)(C)C(/C=C/C=C/C=C/C=C1/N(CCS(=O)(=O)O)c3ccc(C)cc3C1(C)C)=[N+]2CCS(=O)(=O)O. The van der Waals surface area contributed by atoms with Gasteiger partial charge in [-0.25, -0.2) is 4.79 Å². The first kappa shape index (κ1) is 35.8. The Morgan fingerprint density at radius 1 is 0.872 bits per heavy atom. The van der Waals surface area contributed by atoms with Gasteiger partial charge in [0.15, 0.2) is 12.3 Å². The number of fused-ring (bicyclic) bond motifs is 2. The van der Waals surface area contributed by atoms with Gasteiger partial charge in [0.1, 0.15) is 5.75 Å². The molecule has 2 aliphatic heterocycles. The van der Waals surface area contributed by atoms with Crippen molar-refractivity contribution in [1.82, 2.24) is 5.32 Å². The number of nitrogens with one attached hydrogen (secondary N) is 2. The highest BCUT2D eigenvalue weighted by Crippen LogP contribution is 2.48. The molecule has 2 aliphatic rings. The predicted molar refractivity (Wildman–Crippen MR) is 187 cm³/mol. The van der Waals surface area contributed by atoms with Gasteiger partial charge >= 0.3 is 6.03 Å². The van der Waals surface area contributed by atoms with Gasteiger partial charge in [-0.05, 0) is 50.6 Å². The standard InChI is InChI=1S/C34H42N4O7S2/c1-24-14-16-28-26(22-24)33(2,3)30(37(28)18-20-46(40,41)42)12-10-8-7-9-11-13-31-34(4,5)27-23-25(36-32(39)35-6)15-17-29(27)38(31)19-21-47(43,44)45/h7-17,22-23H,18-21H2,1-6H3,(H3-,35,36,39,40,41,42,43,44,45)/p+1. The Balaban J connectivity index is 1.59. The van der Waals surface area contributed by atoms with Gasteiger partial charge in [0.2, 0.25) is 5.69 Å². The molecule has 13 heteroatoms. The number of hydrogen-bond donors (Lipinski definition) is 4. The normalized spacial score (nSPS) is 18.1. The van der Waals surface area contributed by atoms with Crippen LogP contribution in [0.4, 0.5) is 21.9 Å². The average Bonchev–Trinajstić information content (AvgIpc) is 3.31. The predicted octanol–water partition coefficient (Wildman–Crippen LogP) is 5.25. The van der Waals surface area contributed by atoms with E-state index in [2.05, 4.69) is 30.5 Å². The Hall–Kier alpha value is -4.04. The van der Waals surface area contributed by atoms with Crippen LogP contribution in [0.3, 0.4) is 0 Å². The van der Waals surface area contributed by atoms with Crippen molar-refractivity contribution in [1.29, 1.82) is 0 Å². The number of urea groups is 1. The molecule has 4 rings (SSSR count). The van der Waals surface area contributed by atoms with Crippen LogP contribution in [-0.2, 0) is 31.1 Å². The van der Waals surface area contributed by atoms with E-state index in [4.69, 9.17) is 0 Å². The molecular weight excluding hydrogens is 641 g/mol. The first-order valence-corrected chi connectivity index (χ1v) is 18.4. The lowest BCUT2D eigenvalue weighted by molar-refractivity contribution is -0.432. The van der Waals surface area contributed by atoms with Crippen LogP contribution in [0, 0.1) is 6.92 Å². The third-order valence-electron chi connectivity index (χ3n) is 8.52. The van der Waals surface area contributed by atoms with Gasteiger partial charge in [-0.2, -0.15) is 21.4 Å². The summed E-state index contributed by atoms with van der Waals surface area (Å²) in [5.74, 6) is -0.846. The van der Waals surface area contributed by atoms with E-state index in [-0.39, 0.29) is 19.1 Å². The van der Waals surface area contributed by atoms with E-state index in [0.29, 0.717) is 5.69 Å². The van der Waals surface area contributed by atoms with Crippen molar-refractivity contribution < 1.29 is 35.3 Å². The van der Waals surface area contributed by atoms with Crippen LogP contribution in [0.2, 0.25) is 0 Å². The Kier molecular flexibility index (Phi) is 10.4. The summed E-state index contributed by atoms with van der Waals surface area (Å²) in [6, 6.07) is 11.1. The lowest BCUT2D eigenvalue weighted by Gasteiger charge is -2.26. The molecule has 0 bridgehead atoms. The largest absolute Gasteiger partial charge is 0.343 e. The molecule has 0 unspecified atom stereocenters. The number of aryl methyl sites for hydroxylation is 1. The van der Waals surface area contributed by atoms with E-state index in [9.17, 15) is 30.7 Å². The molecule has 11 nitrogen and oxygen atoms in total. The molecule has 0 fully saturated rings. The number of benzene rings is 2. The molecule has 4 N–H and O–H groups in total. The fourth-order valence-electron chi connectivity index (χ4n) is 6.12. The fourth-order valence-corrected chi connectivity index (χ4v) is 6.94. The Morgan fingerprint density at radius 3 is 2.19 bits per heavy atom. The third-order valence-corrected chi connectivity index (χ3v) is 9.92. The van der Waals surface area contributed by atoms with Gasteiger partial charge in [-0.15, -0.1) is 0 Å². The van der Waals surface area contributed by atoms with Crippen molar-refractivity contribution >= 4 is 49.0 Å². The number of carbonyl (C=O) groups excluding carboxylic acids is 1. The first-order chi connectivity index (χ1) is 21.8. The van der Waals surface area contributed by atoms with E-state index in [1.54, 1.807) is 6.07 Å². The average molecular weight is 684 g/mol. The van der Waals surface area contributed by atoms with Gasteiger partial charge < -0.3 is 15.5 Å². The van der Waals surface area contributed by atoms with Crippen molar-refractivity contribution in [2.75, 3.05) is 41.9 Å². The highest BCUT2D eigenvalue weighted by molar-refractivity contribution is 7.86. The van der Waals surface area contributed by atoms with Crippen LogP contribution < -0.4 is 15.5 Å². The number of nitrogens with zero attached hydrogens (tertiary/aromatic N) is 2. The van der Waals surface area contributed by atoms with Crippen LogP contribution in [0.5, 0.6) is 0 Å². The second kappa shape index (κ2) is 13.6. The zero-order valence-corrected chi connectivity index (χ0v) is 29.1. The van der Waals surface area contributed by atoms with Gasteiger partial charge in [-0.3, -0.25) is 9.11 Å². The molecule has 0 aliphatic carbocycles. The third kappa shape index (κ3) is 8.28. The molecule has 0 saturated carbocycles. The van der Waals surface area contributed by atoms with Crippen molar-refractivity contribution in [3.8, 4) is 0 Å². The van der Waals surface area contributed by atoms with E-state index in [0.717, 1.165) is 39.5 Å². The lowest BCUT2D eigenvalue weighted by atomic mass is 9.81. The van der Waals surface area contributed by atoms with E-state index >= 15 is 0 Å². The highest BCUT2D eigenvalue weighted by Gasteiger charge is 2.45. The molecule has 47 heavy (non-hydrogen) atoms. The van der Waals surface area contributed by atoms with Crippen LogP contribution in [-0.4, -0.2) is 73.9 Å². The molecule has 252 valence electrons. The molecular formula is C34H43N4O7S2+. The maximum atomic E-state index is 11.9. The summed E-state index contributed by atoms with van der Waals surface area (Å²) in [5, 5.41) is 5.29. The van der Waals surface area contributed by atoms with E-state index in [1.807, 2.05) is 97.0 Å². The topological polar surface area (TPSA) is 156 Å². The number of amides is 2. The first-order valence-electron chi connectivity index (χ1n) is 15.1. The maximum absolute atomic E-state index is 11.9. The number of carbonyl (C=O) groups is 1. The Labute approximate surface area is 277 Å². The summed E-state index contributed by atoms with van der Waals surface area (Å²) < 4.78 is 67.1. The summed E-state index contributed by atoms with van der Waals surface area (Å²) in [7, 11) is -6.83. The van der Waals surface area contributed by atoms with Crippen molar-refractivity contribution in [3.05, 3.63) is 101 Å². The minimum atomic E-state index is -4.21. The van der Waals surface area contributed by atoms with Gasteiger partial charge in [0.05, 0.1) is 11.2 Å². The molecule has 2 aromatic rings. The quantitative estimate of drug-likeness (QED) is 0.142. The minimum absolute atomic E-state index is 0.0418. The maximum Gasteiger partial charge on any atom is 0.318 e. The molecule has 2 amide bonds. The van der Waals surface area contributed by atoms with Crippen molar-refractivity contribution in [2.45, 2.75) is 45.4 Å². The van der Waals surface area contributed by atoms with Gasteiger partial charge in [-0.1, -0.05) is 61.9 Å². The smallest absolute Gasteiger partial charge is 0.318 e. The summed E-state index contributed by atoms with van der Waals surface area (Å²) >= 11 is 0. The van der Waals surface area contributed by atoms with Crippen LogP contribution >= 0.6 is 0 Å². The van der Waals surface area contributed by atoms with Gasteiger partial charge in [0.25, 0.3) is 20.2 Å². The summed E-state index contributed by atoms with van der Waals surface area (Å²) in [6.07, 6.45) is 13.1. The second-order valence-corrected chi connectivity index (χ2v) is 15.8. The number of allylic oxidation sites excluding steroid dienone is 8. The monoisotopic (exact) mass is 683 g/mol. The molecule has 0 aromatic heterocycles. The molecule has 2 aromatic carbocycles. The second-order valence-electron chi connectivity index (χ2n) is 12.6. The summed E-state index contributed by atoms with van der Waals surface area (Å²) in [4.78, 5) is 13.8. The molecule has 0 atom stereocenters. The number of rotatable bonds is 11. The van der Waals surface area contributed by atoms with Crippen LogP contribution in [0.15, 0.2) is 84.6 Å². The van der Waals surface area contributed by atoms with E-state index < -0.39 is 42.6 Å².